The predicted molar refractivity (Wildman–Crippen MR) is 61.6 cm³/mol. The molecule has 0 unspecified atom stereocenters. The summed E-state index contributed by atoms with van der Waals surface area (Å²) in [5, 5.41) is 19.6. The maximum absolute atomic E-state index is 11.3. The van der Waals surface area contributed by atoms with E-state index in [2.05, 4.69) is 5.32 Å². The van der Waals surface area contributed by atoms with Crippen LogP contribution in [0.3, 0.4) is 0 Å². The SMILES string of the molecule is CC(C)(C)OC(=O)N[C@H](C/C=C\CO)C(=O)O. The minimum atomic E-state index is -1.15. The molecule has 0 aromatic carbocycles. The number of aliphatic hydroxyl groups is 1. The molecule has 0 bridgehead atoms. The van der Waals surface area contributed by atoms with Gasteiger partial charge in [0, 0.05) is 0 Å². The van der Waals surface area contributed by atoms with Crippen LogP contribution in [0, 0.1) is 0 Å². The summed E-state index contributed by atoms with van der Waals surface area (Å²) in [7, 11) is 0. The molecule has 1 atom stereocenters. The second-order valence-corrected chi connectivity index (χ2v) is 4.43. The Bertz CT molecular complexity index is 293. The van der Waals surface area contributed by atoms with Crippen LogP contribution in [-0.2, 0) is 9.53 Å². The van der Waals surface area contributed by atoms with Gasteiger partial charge in [-0.1, -0.05) is 12.2 Å². The number of carbonyl (C=O) groups excluding carboxylic acids is 1. The Hall–Kier alpha value is -1.56. The smallest absolute Gasteiger partial charge is 0.408 e. The maximum atomic E-state index is 11.3. The van der Waals surface area contributed by atoms with Crippen molar-refractivity contribution < 1.29 is 24.5 Å². The molecular weight excluding hydrogens is 226 g/mol. The van der Waals surface area contributed by atoms with Crippen molar-refractivity contribution in [2.24, 2.45) is 0 Å². The normalized spacial score (nSPS) is 13.4. The minimum absolute atomic E-state index is 0.0924. The van der Waals surface area contributed by atoms with Crippen molar-refractivity contribution in [2.75, 3.05) is 6.61 Å². The van der Waals surface area contributed by atoms with E-state index < -0.39 is 23.7 Å². The van der Waals surface area contributed by atoms with Gasteiger partial charge in [0.15, 0.2) is 0 Å². The monoisotopic (exact) mass is 245 g/mol. The van der Waals surface area contributed by atoms with Gasteiger partial charge in [-0.25, -0.2) is 9.59 Å². The summed E-state index contributed by atoms with van der Waals surface area (Å²) < 4.78 is 4.94. The first-order chi connectivity index (χ1) is 7.76. The number of carboxylic acid groups (broad SMARTS) is 1. The standard InChI is InChI=1S/C11H19NO5/c1-11(2,3)17-10(16)12-8(9(14)15)6-4-5-7-13/h4-5,8,13H,6-7H2,1-3H3,(H,12,16)(H,14,15)/b5-4-/t8-/m1/s1. The first-order valence-electron chi connectivity index (χ1n) is 5.24. The lowest BCUT2D eigenvalue weighted by molar-refractivity contribution is -0.139. The molecular formula is C11H19NO5. The lowest BCUT2D eigenvalue weighted by Crippen LogP contribution is -2.43. The topological polar surface area (TPSA) is 95.9 Å². The molecule has 0 spiro atoms. The van der Waals surface area contributed by atoms with Gasteiger partial charge in [0.25, 0.3) is 0 Å². The third-order valence-electron chi connectivity index (χ3n) is 1.63. The molecule has 1 amide bonds. The molecule has 0 saturated heterocycles. The molecule has 0 aromatic heterocycles. The highest BCUT2D eigenvalue weighted by Crippen LogP contribution is 2.07. The number of alkyl carbamates (subject to hydrolysis) is 1. The van der Waals surface area contributed by atoms with Crippen LogP contribution in [0.15, 0.2) is 12.2 Å². The van der Waals surface area contributed by atoms with E-state index in [1.807, 2.05) is 0 Å². The van der Waals surface area contributed by atoms with Gasteiger partial charge in [-0.05, 0) is 27.2 Å². The van der Waals surface area contributed by atoms with Gasteiger partial charge in [-0.15, -0.1) is 0 Å². The van der Waals surface area contributed by atoms with Crippen molar-refractivity contribution in [3.63, 3.8) is 0 Å². The zero-order chi connectivity index (χ0) is 13.5. The van der Waals surface area contributed by atoms with Crippen molar-refractivity contribution in [1.29, 1.82) is 0 Å². The number of rotatable bonds is 5. The van der Waals surface area contributed by atoms with E-state index >= 15 is 0 Å². The summed E-state index contributed by atoms with van der Waals surface area (Å²) >= 11 is 0. The Kier molecular flexibility index (Phi) is 6.27. The molecule has 3 N–H and O–H groups in total. The summed E-state index contributed by atoms with van der Waals surface area (Å²) in [6.07, 6.45) is 2.21. The van der Waals surface area contributed by atoms with Gasteiger partial charge in [0.05, 0.1) is 6.61 Å². The van der Waals surface area contributed by atoms with E-state index in [0.29, 0.717) is 0 Å². The average molecular weight is 245 g/mol. The zero-order valence-electron chi connectivity index (χ0n) is 10.3. The number of carbonyl (C=O) groups is 2. The third kappa shape index (κ3) is 8.27. The lowest BCUT2D eigenvalue weighted by Gasteiger charge is -2.21. The van der Waals surface area contributed by atoms with E-state index in [-0.39, 0.29) is 13.0 Å². The van der Waals surface area contributed by atoms with Crippen molar-refractivity contribution in [1.82, 2.24) is 5.32 Å². The van der Waals surface area contributed by atoms with E-state index in [1.165, 1.54) is 12.2 Å². The number of aliphatic hydroxyl groups excluding tert-OH is 1. The quantitative estimate of drug-likeness (QED) is 0.625. The summed E-state index contributed by atoms with van der Waals surface area (Å²) in [6.45, 7) is 4.90. The molecule has 17 heavy (non-hydrogen) atoms. The highest BCUT2D eigenvalue weighted by atomic mass is 16.6. The number of nitrogens with one attached hydrogen (secondary N) is 1. The van der Waals surface area contributed by atoms with E-state index in [1.54, 1.807) is 20.8 Å². The van der Waals surface area contributed by atoms with Crippen LogP contribution in [0.1, 0.15) is 27.2 Å². The molecule has 98 valence electrons. The summed E-state index contributed by atoms with van der Waals surface area (Å²) in [6, 6.07) is -1.06. The molecule has 0 heterocycles. The Morgan fingerprint density at radius 3 is 2.35 bits per heavy atom. The Morgan fingerprint density at radius 2 is 1.94 bits per heavy atom. The van der Waals surface area contributed by atoms with Crippen LogP contribution in [0.25, 0.3) is 0 Å². The summed E-state index contributed by atoms with van der Waals surface area (Å²) in [5.74, 6) is -1.15. The molecule has 0 fully saturated rings. The molecule has 0 aromatic rings. The number of hydrogen-bond acceptors (Lipinski definition) is 4. The van der Waals surface area contributed by atoms with Gasteiger partial charge in [-0.2, -0.15) is 0 Å². The van der Waals surface area contributed by atoms with Crippen LogP contribution in [0.2, 0.25) is 0 Å². The number of hydrogen-bond donors (Lipinski definition) is 3. The van der Waals surface area contributed by atoms with Crippen LogP contribution >= 0.6 is 0 Å². The third-order valence-corrected chi connectivity index (χ3v) is 1.63. The second kappa shape index (κ2) is 6.90. The van der Waals surface area contributed by atoms with E-state index in [9.17, 15) is 9.59 Å². The number of amides is 1. The number of ether oxygens (including phenoxy) is 1. The molecule has 0 rings (SSSR count). The van der Waals surface area contributed by atoms with Crippen molar-refractivity contribution in [3.8, 4) is 0 Å². The fraction of sp³-hybridized carbons (Fsp3) is 0.636. The van der Waals surface area contributed by atoms with Crippen LogP contribution in [0.4, 0.5) is 4.79 Å². The molecule has 6 heteroatoms. The predicted octanol–water partition coefficient (Wildman–Crippen LogP) is 0.903. The highest BCUT2D eigenvalue weighted by molar-refractivity contribution is 5.80. The van der Waals surface area contributed by atoms with Gasteiger partial charge in [0.2, 0.25) is 0 Å². The lowest BCUT2D eigenvalue weighted by atomic mass is 10.2. The van der Waals surface area contributed by atoms with Crippen LogP contribution in [-0.4, -0.2) is 40.5 Å². The van der Waals surface area contributed by atoms with Gasteiger partial charge >= 0.3 is 12.1 Å². The largest absolute Gasteiger partial charge is 0.480 e. The van der Waals surface area contributed by atoms with Crippen molar-refractivity contribution >= 4 is 12.1 Å². The fourth-order valence-electron chi connectivity index (χ4n) is 0.978. The highest BCUT2D eigenvalue weighted by Gasteiger charge is 2.22. The molecule has 6 nitrogen and oxygen atoms in total. The molecule has 0 saturated carbocycles. The van der Waals surface area contributed by atoms with Crippen LogP contribution in [0.5, 0.6) is 0 Å². The molecule has 0 radical (unpaired) electrons. The van der Waals surface area contributed by atoms with Gasteiger partial charge in [-0.3, -0.25) is 0 Å². The summed E-state index contributed by atoms with van der Waals surface area (Å²) in [5.41, 5.74) is -0.673. The molecule has 0 aliphatic heterocycles. The van der Waals surface area contributed by atoms with Crippen molar-refractivity contribution in [3.05, 3.63) is 12.2 Å². The average Bonchev–Trinajstić information content (AvgIpc) is 2.13. The van der Waals surface area contributed by atoms with Crippen molar-refractivity contribution in [2.45, 2.75) is 38.8 Å². The number of aliphatic carboxylic acids is 1. The van der Waals surface area contributed by atoms with Gasteiger partial charge in [0.1, 0.15) is 11.6 Å². The molecule has 0 aliphatic rings. The molecule has 0 aliphatic carbocycles. The Labute approximate surface area is 100 Å². The van der Waals surface area contributed by atoms with E-state index in [0.717, 1.165) is 0 Å². The first-order valence-corrected chi connectivity index (χ1v) is 5.24. The second-order valence-electron chi connectivity index (χ2n) is 4.43. The minimum Gasteiger partial charge on any atom is -0.480 e. The fourth-order valence-corrected chi connectivity index (χ4v) is 0.978. The number of carboxylic acids is 1. The van der Waals surface area contributed by atoms with Crippen LogP contribution < -0.4 is 5.32 Å². The zero-order valence-corrected chi connectivity index (χ0v) is 10.3. The summed E-state index contributed by atoms with van der Waals surface area (Å²) in [4.78, 5) is 22.2. The first kappa shape index (κ1) is 15.4. The Morgan fingerprint density at radius 1 is 1.35 bits per heavy atom. The van der Waals surface area contributed by atoms with E-state index in [4.69, 9.17) is 14.9 Å². The maximum Gasteiger partial charge on any atom is 0.408 e. The van der Waals surface area contributed by atoms with Gasteiger partial charge < -0.3 is 20.3 Å². The Balaban J connectivity index is 4.30.